The molecule has 36 heavy (non-hydrogen) atoms. The normalized spacial score (nSPS) is 18.7. The first kappa shape index (κ1) is 24.6. The number of hydrogen-bond donors (Lipinski definition) is 1. The smallest absolute Gasteiger partial charge is 0.258 e. The van der Waals surface area contributed by atoms with Crippen LogP contribution in [0.25, 0.3) is 11.3 Å². The van der Waals surface area contributed by atoms with Crippen LogP contribution in [0, 0.1) is 5.92 Å². The molecule has 1 saturated heterocycles. The van der Waals surface area contributed by atoms with E-state index >= 15 is 0 Å². The summed E-state index contributed by atoms with van der Waals surface area (Å²) in [6.07, 6.45) is 3.48. The topological polar surface area (TPSA) is 51.7 Å². The number of fused-ring (bicyclic) bond motifs is 2. The molecule has 1 atom stereocenters. The summed E-state index contributed by atoms with van der Waals surface area (Å²) in [5.74, 6) is -0.00133. The van der Waals surface area contributed by atoms with Crippen molar-refractivity contribution in [3.8, 4) is 11.3 Å². The minimum Gasteiger partial charge on any atom is -0.370 e. The Hall–Kier alpha value is -3.06. The number of hydrogen-bond acceptors (Lipinski definition) is 4. The number of aromatic nitrogens is 1. The van der Waals surface area contributed by atoms with E-state index < -0.39 is 0 Å². The van der Waals surface area contributed by atoms with Gasteiger partial charge in [-0.05, 0) is 62.4 Å². The molecule has 1 N–H and O–H groups in total. The predicted molar refractivity (Wildman–Crippen MR) is 143 cm³/mol. The number of benzene rings is 1. The van der Waals surface area contributed by atoms with Gasteiger partial charge < -0.3 is 14.8 Å². The summed E-state index contributed by atoms with van der Waals surface area (Å²) in [4.78, 5) is 25.9. The molecule has 1 aromatic rings. The van der Waals surface area contributed by atoms with Crippen molar-refractivity contribution in [1.29, 1.82) is 0 Å². The van der Waals surface area contributed by atoms with Gasteiger partial charge in [0.25, 0.3) is 5.56 Å². The number of nitrogens with zero attached hydrogens (tertiary/aromatic N) is 3. The van der Waals surface area contributed by atoms with Gasteiger partial charge in [-0.3, -0.25) is 18.6 Å². The highest BCUT2D eigenvalue weighted by molar-refractivity contribution is 6.09. The summed E-state index contributed by atoms with van der Waals surface area (Å²) in [5.41, 5.74) is 6.04. The first-order chi connectivity index (χ1) is 17.7. The van der Waals surface area contributed by atoms with Crippen LogP contribution in [0.3, 0.4) is 0 Å². The standard InChI is InChI=1S/C29H34F2N4O/c30-12-4-7-22-19-21-10-11-23(35-16-6-15-34(17-18-35)14-5-13-31)20-26(21)32-28(22)27-24-8-2-1-3-9-25(24)33-29(27)36/h1-3,8-11,20,22H,4-7,12-19H2,(H,33,36). The van der Waals surface area contributed by atoms with Crippen molar-refractivity contribution < 1.29 is 8.78 Å². The number of alkyl halides is 2. The van der Waals surface area contributed by atoms with E-state index in [1.54, 1.807) is 0 Å². The molecular formula is C29H34F2N4O. The molecule has 1 fully saturated rings. The first-order valence-corrected chi connectivity index (χ1v) is 13.1. The van der Waals surface area contributed by atoms with Crippen molar-refractivity contribution in [2.45, 2.75) is 32.1 Å². The SMILES string of the molecule is O=c1[nH]c2cccccc-2c1C1=Nc2cc(N3CCCN(CCCF)CC3)ccc2CC1CCCF. The third-order valence-electron chi connectivity index (χ3n) is 7.45. The second-order valence-corrected chi connectivity index (χ2v) is 9.83. The highest BCUT2D eigenvalue weighted by Crippen LogP contribution is 2.37. The summed E-state index contributed by atoms with van der Waals surface area (Å²) in [6, 6.07) is 16.1. The molecular weight excluding hydrogens is 458 g/mol. The Morgan fingerprint density at radius 3 is 2.69 bits per heavy atom. The largest absolute Gasteiger partial charge is 0.370 e. The van der Waals surface area contributed by atoms with Gasteiger partial charge in [0.1, 0.15) is 0 Å². The van der Waals surface area contributed by atoms with E-state index in [1.165, 1.54) is 0 Å². The summed E-state index contributed by atoms with van der Waals surface area (Å²) >= 11 is 0. The van der Waals surface area contributed by atoms with E-state index in [0.717, 1.165) is 79.5 Å². The first-order valence-electron chi connectivity index (χ1n) is 13.1. The van der Waals surface area contributed by atoms with Gasteiger partial charge in [-0.25, -0.2) is 0 Å². The molecule has 1 aromatic carbocycles. The summed E-state index contributed by atoms with van der Waals surface area (Å²) in [5, 5.41) is 0. The van der Waals surface area contributed by atoms with Crippen molar-refractivity contribution in [3.63, 3.8) is 0 Å². The number of aliphatic imine (C=N–C) groups is 1. The van der Waals surface area contributed by atoms with Gasteiger partial charge >= 0.3 is 0 Å². The van der Waals surface area contributed by atoms with E-state index in [0.29, 0.717) is 24.8 Å². The fourth-order valence-electron chi connectivity index (χ4n) is 5.60. The van der Waals surface area contributed by atoms with Crippen molar-refractivity contribution in [2.75, 3.05) is 51.0 Å². The van der Waals surface area contributed by atoms with Gasteiger partial charge in [0.05, 0.1) is 30.3 Å². The monoisotopic (exact) mass is 492 g/mol. The number of aromatic amines is 1. The van der Waals surface area contributed by atoms with Crippen LogP contribution < -0.4 is 10.5 Å². The van der Waals surface area contributed by atoms with Gasteiger partial charge in [-0.2, -0.15) is 0 Å². The maximum absolute atomic E-state index is 13.1. The van der Waals surface area contributed by atoms with Crippen LogP contribution in [0.4, 0.5) is 20.2 Å². The lowest BCUT2D eigenvalue weighted by molar-refractivity contribution is 0.275. The fraction of sp³-hybridized carbons (Fsp3) is 0.448. The molecule has 1 aliphatic carbocycles. The minimum atomic E-state index is -0.375. The van der Waals surface area contributed by atoms with E-state index in [9.17, 15) is 13.6 Å². The lowest BCUT2D eigenvalue weighted by Crippen LogP contribution is -2.31. The maximum Gasteiger partial charge on any atom is 0.258 e. The number of rotatable bonds is 8. The van der Waals surface area contributed by atoms with Crippen molar-refractivity contribution in [3.05, 3.63) is 70.0 Å². The van der Waals surface area contributed by atoms with Gasteiger partial charge in [-0.15, -0.1) is 0 Å². The molecule has 5 rings (SSSR count). The van der Waals surface area contributed by atoms with E-state index in [4.69, 9.17) is 4.99 Å². The lowest BCUT2D eigenvalue weighted by atomic mass is 9.83. The predicted octanol–water partition coefficient (Wildman–Crippen LogP) is 5.39. The summed E-state index contributed by atoms with van der Waals surface area (Å²) < 4.78 is 25.8. The van der Waals surface area contributed by atoms with E-state index in [2.05, 4.69) is 33.0 Å². The lowest BCUT2D eigenvalue weighted by Gasteiger charge is -2.28. The molecule has 0 aromatic heterocycles. The highest BCUT2D eigenvalue weighted by Gasteiger charge is 2.30. The molecule has 0 saturated carbocycles. The van der Waals surface area contributed by atoms with Crippen LogP contribution in [0.5, 0.6) is 0 Å². The fourth-order valence-corrected chi connectivity index (χ4v) is 5.60. The number of nitrogens with one attached hydrogen (secondary N) is 1. The Morgan fingerprint density at radius 2 is 1.83 bits per heavy atom. The molecule has 190 valence electrons. The Morgan fingerprint density at radius 1 is 0.972 bits per heavy atom. The number of anilines is 1. The zero-order chi connectivity index (χ0) is 24.9. The van der Waals surface area contributed by atoms with Crippen LogP contribution >= 0.6 is 0 Å². The molecule has 0 amide bonds. The third-order valence-corrected chi connectivity index (χ3v) is 7.45. The van der Waals surface area contributed by atoms with Gasteiger partial charge in [0.2, 0.25) is 0 Å². The minimum absolute atomic E-state index is 0.00133. The second-order valence-electron chi connectivity index (χ2n) is 9.83. The second kappa shape index (κ2) is 11.3. The molecule has 0 spiro atoms. The molecule has 3 aliphatic heterocycles. The average Bonchev–Trinajstić information content (AvgIpc) is 3.08. The molecule has 1 unspecified atom stereocenters. The van der Waals surface area contributed by atoms with E-state index in [-0.39, 0.29) is 24.8 Å². The summed E-state index contributed by atoms with van der Waals surface area (Å²) in [6.45, 7) is 3.92. The van der Waals surface area contributed by atoms with E-state index in [1.807, 2.05) is 30.3 Å². The summed E-state index contributed by atoms with van der Waals surface area (Å²) in [7, 11) is 0. The highest BCUT2D eigenvalue weighted by atomic mass is 19.1. The van der Waals surface area contributed by atoms with Crippen molar-refractivity contribution >= 4 is 17.1 Å². The molecule has 4 aliphatic rings. The third kappa shape index (κ3) is 5.21. The average molecular weight is 493 g/mol. The molecule has 0 bridgehead atoms. The van der Waals surface area contributed by atoms with Crippen molar-refractivity contribution in [2.24, 2.45) is 10.9 Å². The quantitative estimate of drug-likeness (QED) is 0.459. The van der Waals surface area contributed by atoms with Crippen LogP contribution in [0.15, 0.2) is 58.3 Å². The molecule has 5 nitrogen and oxygen atoms in total. The van der Waals surface area contributed by atoms with Gasteiger partial charge in [0.15, 0.2) is 0 Å². The van der Waals surface area contributed by atoms with Gasteiger partial charge in [0, 0.05) is 49.0 Å². The Kier molecular flexibility index (Phi) is 7.75. The zero-order valence-corrected chi connectivity index (χ0v) is 20.7. The van der Waals surface area contributed by atoms with Crippen LogP contribution in [-0.2, 0) is 6.42 Å². The van der Waals surface area contributed by atoms with Crippen LogP contribution in [0.1, 0.15) is 36.8 Å². The van der Waals surface area contributed by atoms with Gasteiger partial charge in [-0.1, -0.05) is 30.3 Å². The number of halogens is 2. The Bertz CT molecular complexity index is 1240. The van der Waals surface area contributed by atoms with Crippen LogP contribution in [0.2, 0.25) is 0 Å². The number of H-pyrrole nitrogens is 1. The molecule has 3 heterocycles. The zero-order valence-electron chi connectivity index (χ0n) is 20.7. The maximum atomic E-state index is 13.1. The Balaban J connectivity index is 1.48. The Labute approximate surface area is 211 Å². The molecule has 0 radical (unpaired) electrons. The van der Waals surface area contributed by atoms with Crippen LogP contribution in [-0.4, -0.2) is 61.7 Å². The molecule has 7 heteroatoms. The van der Waals surface area contributed by atoms with Crippen molar-refractivity contribution in [1.82, 2.24) is 9.88 Å².